The quantitative estimate of drug-likeness (QED) is 0.732. The van der Waals surface area contributed by atoms with Crippen molar-refractivity contribution in [2.75, 3.05) is 5.73 Å². The number of aromatic nitrogens is 4. The maximum absolute atomic E-state index is 12.1. The van der Waals surface area contributed by atoms with Gasteiger partial charge in [0, 0.05) is 0 Å². The van der Waals surface area contributed by atoms with Gasteiger partial charge in [0.1, 0.15) is 6.23 Å². The molecule has 3 rings (SSSR count). The third-order valence-corrected chi connectivity index (χ3v) is 3.83. The number of aromatic amines is 2. The fourth-order valence-electron chi connectivity index (χ4n) is 2.82. The van der Waals surface area contributed by atoms with Gasteiger partial charge in [0.05, 0.1) is 6.10 Å². The van der Waals surface area contributed by atoms with Crippen LogP contribution in [-0.2, 0) is 4.74 Å². The van der Waals surface area contributed by atoms with Gasteiger partial charge in [0.15, 0.2) is 11.2 Å². The predicted molar refractivity (Wildman–Crippen MR) is 73.4 cm³/mol. The Balaban J connectivity index is 2.15. The Kier molecular flexibility index (Phi) is 2.89. The first-order valence-corrected chi connectivity index (χ1v) is 6.66. The molecule has 8 nitrogen and oxygen atoms in total. The van der Waals surface area contributed by atoms with Crippen LogP contribution in [0.1, 0.15) is 32.9 Å². The van der Waals surface area contributed by atoms with Gasteiger partial charge in [-0.15, -0.1) is 0 Å². The van der Waals surface area contributed by atoms with Crippen molar-refractivity contribution in [2.24, 2.45) is 5.92 Å². The Hall–Kier alpha value is -2.09. The molecule has 0 bridgehead atoms. The molecule has 2 aromatic heterocycles. The predicted octanol–water partition coefficient (Wildman–Crippen LogP) is 0.329. The van der Waals surface area contributed by atoms with Gasteiger partial charge in [-0.05, 0) is 18.8 Å². The highest BCUT2D eigenvalue weighted by atomic mass is 16.5. The molecule has 3 atom stereocenters. The van der Waals surface area contributed by atoms with E-state index in [9.17, 15) is 9.59 Å². The Labute approximate surface area is 114 Å². The minimum absolute atomic E-state index is 0.0201. The molecule has 1 saturated heterocycles. The summed E-state index contributed by atoms with van der Waals surface area (Å²) in [6.07, 6.45) is 1.28. The number of anilines is 1. The molecular formula is C12H17N5O3. The van der Waals surface area contributed by atoms with Crippen molar-refractivity contribution >= 4 is 17.1 Å². The first-order chi connectivity index (χ1) is 9.51. The van der Waals surface area contributed by atoms with Crippen molar-refractivity contribution in [2.45, 2.75) is 39.0 Å². The fourth-order valence-corrected chi connectivity index (χ4v) is 2.82. The number of fused-ring (bicyclic) bond motifs is 1. The highest BCUT2D eigenvalue weighted by molar-refractivity contribution is 5.70. The number of imidazole rings is 1. The van der Waals surface area contributed by atoms with Crippen LogP contribution in [0.4, 0.5) is 5.95 Å². The lowest BCUT2D eigenvalue weighted by Crippen LogP contribution is -2.23. The Morgan fingerprint density at radius 1 is 1.45 bits per heavy atom. The van der Waals surface area contributed by atoms with Gasteiger partial charge in [-0.25, -0.2) is 9.36 Å². The van der Waals surface area contributed by atoms with E-state index in [1.807, 2.05) is 6.92 Å². The zero-order valence-electron chi connectivity index (χ0n) is 11.3. The summed E-state index contributed by atoms with van der Waals surface area (Å²) in [5, 5.41) is 0. The first-order valence-electron chi connectivity index (χ1n) is 6.66. The lowest BCUT2D eigenvalue weighted by molar-refractivity contribution is -0.00463. The first kappa shape index (κ1) is 12.9. The molecule has 1 aliphatic heterocycles. The summed E-state index contributed by atoms with van der Waals surface area (Å²) in [5.41, 5.74) is 5.05. The van der Waals surface area contributed by atoms with E-state index in [-0.39, 0.29) is 23.2 Å². The second-order valence-electron chi connectivity index (χ2n) is 5.20. The van der Waals surface area contributed by atoms with E-state index in [2.05, 4.69) is 21.9 Å². The number of nitrogens with two attached hydrogens (primary N) is 1. The van der Waals surface area contributed by atoms with Gasteiger partial charge in [0.2, 0.25) is 5.95 Å². The van der Waals surface area contributed by atoms with Gasteiger partial charge in [-0.1, -0.05) is 13.8 Å². The summed E-state index contributed by atoms with van der Waals surface area (Å²) in [5.74, 6) is 0.328. The lowest BCUT2D eigenvalue weighted by Gasteiger charge is -2.13. The summed E-state index contributed by atoms with van der Waals surface area (Å²) in [4.78, 5) is 32.8. The monoisotopic (exact) mass is 279 g/mol. The molecule has 108 valence electrons. The van der Waals surface area contributed by atoms with E-state index in [0.29, 0.717) is 12.3 Å². The van der Waals surface area contributed by atoms with Crippen molar-refractivity contribution < 1.29 is 4.74 Å². The standard InChI is InChI=1S/C12H17N5O3/c1-3-6-5(2)4-7(20-6)17-9-8(14-12(17)19)10(18)16-11(13)15-9/h5-7H,3-4H2,1-2H3,(H,14,19)(H3,13,15,16,18)/t5?,6-,7-/m1/s1. The lowest BCUT2D eigenvalue weighted by atomic mass is 10.0. The van der Waals surface area contributed by atoms with Crippen molar-refractivity contribution in [3.8, 4) is 0 Å². The Morgan fingerprint density at radius 2 is 2.20 bits per heavy atom. The van der Waals surface area contributed by atoms with Crippen LogP contribution in [0.3, 0.4) is 0 Å². The van der Waals surface area contributed by atoms with Crippen LogP contribution in [0.25, 0.3) is 11.2 Å². The molecule has 2 aromatic rings. The van der Waals surface area contributed by atoms with Crippen molar-refractivity contribution in [1.29, 1.82) is 0 Å². The second kappa shape index (κ2) is 4.48. The number of nitrogens with zero attached hydrogens (tertiary/aromatic N) is 2. The summed E-state index contributed by atoms with van der Waals surface area (Å²) >= 11 is 0. The molecule has 0 aliphatic carbocycles. The number of hydrogen-bond acceptors (Lipinski definition) is 5. The Bertz CT molecular complexity index is 759. The van der Waals surface area contributed by atoms with E-state index >= 15 is 0 Å². The van der Waals surface area contributed by atoms with Crippen molar-refractivity contribution in [1.82, 2.24) is 19.5 Å². The normalized spacial score (nSPS) is 26.4. The minimum Gasteiger partial charge on any atom is -0.369 e. The van der Waals surface area contributed by atoms with Gasteiger partial charge in [0.25, 0.3) is 5.56 Å². The largest absolute Gasteiger partial charge is 0.369 e. The zero-order chi connectivity index (χ0) is 14.4. The summed E-state index contributed by atoms with van der Waals surface area (Å²) in [6, 6.07) is 0. The van der Waals surface area contributed by atoms with Gasteiger partial charge >= 0.3 is 5.69 Å². The fraction of sp³-hybridized carbons (Fsp3) is 0.583. The molecule has 1 unspecified atom stereocenters. The summed E-state index contributed by atoms with van der Waals surface area (Å²) in [7, 11) is 0. The summed E-state index contributed by atoms with van der Waals surface area (Å²) in [6.45, 7) is 4.13. The van der Waals surface area contributed by atoms with E-state index in [0.717, 1.165) is 6.42 Å². The molecule has 3 heterocycles. The molecule has 0 aromatic carbocycles. The van der Waals surface area contributed by atoms with Gasteiger partial charge in [-0.2, -0.15) is 4.98 Å². The van der Waals surface area contributed by atoms with Crippen LogP contribution < -0.4 is 17.0 Å². The molecule has 0 saturated carbocycles. The van der Waals surface area contributed by atoms with Crippen molar-refractivity contribution in [3.05, 3.63) is 20.8 Å². The van der Waals surface area contributed by atoms with Gasteiger partial charge < -0.3 is 10.5 Å². The third kappa shape index (κ3) is 1.83. The van der Waals surface area contributed by atoms with Crippen LogP contribution in [0, 0.1) is 5.92 Å². The van der Waals surface area contributed by atoms with Crippen LogP contribution in [0.15, 0.2) is 9.59 Å². The molecule has 8 heteroatoms. The number of H-pyrrole nitrogens is 2. The topological polar surface area (TPSA) is 119 Å². The molecular weight excluding hydrogens is 262 g/mol. The number of nitrogens with one attached hydrogen (secondary N) is 2. The summed E-state index contributed by atoms with van der Waals surface area (Å²) < 4.78 is 7.27. The zero-order valence-corrected chi connectivity index (χ0v) is 11.3. The van der Waals surface area contributed by atoms with E-state index in [4.69, 9.17) is 10.5 Å². The minimum atomic E-state index is -0.457. The number of nitrogen functional groups attached to an aromatic ring is 1. The maximum Gasteiger partial charge on any atom is 0.329 e. The molecule has 1 fully saturated rings. The molecule has 20 heavy (non-hydrogen) atoms. The number of ether oxygens (including phenoxy) is 1. The molecule has 4 N–H and O–H groups in total. The smallest absolute Gasteiger partial charge is 0.329 e. The van der Waals surface area contributed by atoms with Crippen LogP contribution in [0.5, 0.6) is 0 Å². The van der Waals surface area contributed by atoms with E-state index < -0.39 is 17.5 Å². The molecule has 0 spiro atoms. The SMILES string of the molecule is CC[C@H]1O[C@@H](n2c(=O)[nH]c3c(=O)[nH]c(N)nc32)CC1C. The van der Waals surface area contributed by atoms with Crippen LogP contribution in [-0.4, -0.2) is 25.6 Å². The average Bonchev–Trinajstić information content (AvgIpc) is 2.89. The van der Waals surface area contributed by atoms with Crippen LogP contribution in [0.2, 0.25) is 0 Å². The van der Waals surface area contributed by atoms with E-state index in [1.165, 1.54) is 4.57 Å². The average molecular weight is 279 g/mol. The molecule has 0 radical (unpaired) electrons. The highest BCUT2D eigenvalue weighted by Gasteiger charge is 2.34. The maximum atomic E-state index is 12.1. The number of hydrogen-bond donors (Lipinski definition) is 3. The molecule has 0 amide bonds. The second-order valence-corrected chi connectivity index (χ2v) is 5.20. The Morgan fingerprint density at radius 3 is 2.85 bits per heavy atom. The third-order valence-electron chi connectivity index (χ3n) is 3.83. The van der Waals surface area contributed by atoms with E-state index in [1.54, 1.807) is 0 Å². The van der Waals surface area contributed by atoms with Crippen LogP contribution >= 0.6 is 0 Å². The van der Waals surface area contributed by atoms with Crippen molar-refractivity contribution in [3.63, 3.8) is 0 Å². The number of rotatable bonds is 2. The molecule has 1 aliphatic rings. The van der Waals surface area contributed by atoms with Gasteiger partial charge in [-0.3, -0.25) is 14.8 Å². The highest BCUT2D eigenvalue weighted by Crippen LogP contribution is 2.34.